The van der Waals surface area contributed by atoms with E-state index in [2.05, 4.69) is 0 Å². The quantitative estimate of drug-likeness (QED) is 0.935. The fourth-order valence-electron chi connectivity index (χ4n) is 1.74. The Morgan fingerprint density at radius 2 is 1.90 bits per heavy atom. The summed E-state index contributed by atoms with van der Waals surface area (Å²) in [7, 11) is 1.34. The van der Waals surface area contributed by atoms with Gasteiger partial charge in [0, 0.05) is 7.05 Å². The van der Waals surface area contributed by atoms with E-state index in [-0.39, 0.29) is 18.0 Å². The summed E-state index contributed by atoms with van der Waals surface area (Å²) in [5.74, 6) is -1.01. The molecule has 0 fully saturated rings. The summed E-state index contributed by atoms with van der Waals surface area (Å²) in [5.41, 5.74) is 0.623. The van der Waals surface area contributed by atoms with E-state index in [1.807, 2.05) is 30.3 Å². The first-order chi connectivity index (χ1) is 9.59. The molecular formula is C15H14FNO3. The van der Waals surface area contributed by atoms with E-state index in [0.717, 1.165) is 16.5 Å². The number of para-hydroxylation sites is 1. The summed E-state index contributed by atoms with van der Waals surface area (Å²) >= 11 is 0. The zero-order valence-corrected chi connectivity index (χ0v) is 10.9. The number of carbonyl (C=O) groups excluding carboxylic acids is 1. The molecule has 4 nitrogen and oxygen atoms in total. The number of hydrogen-bond acceptors (Lipinski definition) is 3. The van der Waals surface area contributed by atoms with Gasteiger partial charge in [0.15, 0.2) is 5.82 Å². The largest absolute Gasteiger partial charge is 0.506 e. The highest BCUT2D eigenvalue weighted by molar-refractivity contribution is 5.89. The van der Waals surface area contributed by atoms with Gasteiger partial charge in [-0.15, -0.1) is 0 Å². The number of rotatable bonds is 3. The third-order valence-electron chi connectivity index (χ3n) is 2.78. The molecule has 0 aliphatic carbocycles. The van der Waals surface area contributed by atoms with Gasteiger partial charge in [0.05, 0.1) is 0 Å². The van der Waals surface area contributed by atoms with E-state index >= 15 is 0 Å². The molecule has 2 rings (SSSR count). The zero-order chi connectivity index (χ0) is 14.5. The van der Waals surface area contributed by atoms with Gasteiger partial charge in [0.25, 0.3) is 0 Å². The minimum Gasteiger partial charge on any atom is -0.506 e. The molecular weight excluding hydrogens is 261 g/mol. The van der Waals surface area contributed by atoms with Gasteiger partial charge in [-0.05, 0) is 17.7 Å². The predicted octanol–water partition coefficient (Wildman–Crippen LogP) is 3.30. The Hall–Kier alpha value is -2.56. The van der Waals surface area contributed by atoms with Crippen molar-refractivity contribution in [2.75, 3.05) is 11.9 Å². The second-order valence-electron chi connectivity index (χ2n) is 4.21. The fourth-order valence-corrected chi connectivity index (χ4v) is 1.74. The highest BCUT2D eigenvalue weighted by Gasteiger charge is 2.19. The molecule has 2 aromatic rings. The summed E-state index contributed by atoms with van der Waals surface area (Å²) in [6.45, 7) is 0.0826. The van der Waals surface area contributed by atoms with Gasteiger partial charge < -0.3 is 9.84 Å². The molecule has 0 radical (unpaired) electrons. The molecule has 0 spiro atoms. The number of halogens is 1. The van der Waals surface area contributed by atoms with Crippen LogP contribution in [0.1, 0.15) is 5.56 Å². The molecule has 1 amide bonds. The van der Waals surface area contributed by atoms with Crippen molar-refractivity contribution >= 4 is 11.8 Å². The van der Waals surface area contributed by atoms with Gasteiger partial charge in [-0.1, -0.05) is 36.4 Å². The lowest BCUT2D eigenvalue weighted by Crippen LogP contribution is -2.27. The molecule has 0 bridgehead atoms. The van der Waals surface area contributed by atoms with Crippen molar-refractivity contribution in [3.8, 4) is 5.75 Å². The first-order valence-electron chi connectivity index (χ1n) is 6.01. The van der Waals surface area contributed by atoms with E-state index in [0.29, 0.717) is 0 Å². The number of amides is 1. The summed E-state index contributed by atoms with van der Waals surface area (Å²) in [4.78, 5) is 12.8. The SMILES string of the molecule is CN(C(=O)OCc1ccccc1)c1c(O)cccc1F. The van der Waals surface area contributed by atoms with E-state index in [1.54, 1.807) is 0 Å². The fraction of sp³-hybridized carbons (Fsp3) is 0.133. The van der Waals surface area contributed by atoms with Crippen molar-refractivity contribution in [1.82, 2.24) is 0 Å². The Kier molecular flexibility index (Phi) is 4.20. The highest BCUT2D eigenvalue weighted by Crippen LogP contribution is 2.29. The van der Waals surface area contributed by atoms with Crippen LogP contribution in [0.5, 0.6) is 5.75 Å². The standard InChI is InChI=1S/C15H14FNO3/c1-17(14-12(16)8-5-9-13(14)18)15(19)20-10-11-6-3-2-4-7-11/h2-9,18H,10H2,1H3. The van der Waals surface area contributed by atoms with Crippen LogP contribution < -0.4 is 4.90 Å². The number of phenols is 1. The molecule has 0 aromatic heterocycles. The van der Waals surface area contributed by atoms with E-state index in [4.69, 9.17) is 4.74 Å². The van der Waals surface area contributed by atoms with Gasteiger partial charge in [-0.2, -0.15) is 0 Å². The smallest absolute Gasteiger partial charge is 0.414 e. The predicted molar refractivity (Wildman–Crippen MR) is 73.1 cm³/mol. The van der Waals surface area contributed by atoms with Gasteiger partial charge >= 0.3 is 6.09 Å². The van der Waals surface area contributed by atoms with Crippen molar-refractivity contribution in [1.29, 1.82) is 0 Å². The van der Waals surface area contributed by atoms with E-state index < -0.39 is 11.9 Å². The molecule has 2 aromatic carbocycles. The third kappa shape index (κ3) is 3.06. The van der Waals surface area contributed by atoms with Gasteiger partial charge in [-0.25, -0.2) is 9.18 Å². The number of anilines is 1. The van der Waals surface area contributed by atoms with Crippen molar-refractivity contribution in [2.24, 2.45) is 0 Å². The molecule has 104 valence electrons. The van der Waals surface area contributed by atoms with E-state index in [9.17, 15) is 14.3 Å². The minimum atomic E-state index is -0.741. The minimum absolute atomic E-state index is 0.0826. The lowest BCUT2D eigenvalue weighted by molar-refractivity contribution is 0.148. The van der Waals surface area contributed by atoms with Crippen molar-refractivity contribution < 1.29 is 19.0 Å². The highest BCUT2D eigenvalue weighted by atomic mass is 19.1. The number of carbonyl (C=O) groups is 1. The molecule has 0 aliphatic heterocycles. The Balaban J connectivity index is 2.06. The van der Waals surface area contributed by atoms with Crippen LogP contribution in [0.4, 0.5) is 14.9 Å². The molecule has 0 unspecified atom stereocenters. The second kappa shape index (κ2) is 6.06. The topological polar surface area (TPSA) is 49.8 Å². The number of ether oxygens (including phenoxy) is 1. The molecule has 1 N–H and O–H groups in total. The lowest BCUT2D eigenvalue weighted by Gasteiger charge is -2.18. The average molecular weight is 275 g/mol. The normalized spacial score (nSPS) is 10.1. The van der Waals surface area contributed by atoms with Crippen LogP contribution in [0.2, 0.25) is 0 Å². The summed E-state index contributed by atoms with van der Waals surface area (Å²) in [5, 5.41) is 9.61. The van der Waals surface area contributed by atoms with Gasteiger partial charge in [0.2, 0.25) is 0 Å². The molecule has 0 atom stereocenters. The van der Waals surface area contributed by atoms with Crippen molar-refractivity contribution in [3.05, 3.63) is 59.9 Å². The monoisotopic (exact) mass is 275 g/mol. The second-order valence-corrected chi connectivity index (χ2v) is 4.21. The van der Waals surface area contributed by atoms with Gasteiger partial charge in [-0.3, -0.25) is 4.90 Å². The molecule has 0 saturated carbocycles. The lowest BCUT2D eigenvalue weighted by atomic mass is 10.2. The van der Waals surface area contributed by atoms with E-state index in [1.165, 1.54) is 19.2 Å². The molecule has 20 heavy (non-hydrogen) atoms. The Morgan fingerprint density at radius 3 is 2.55 bits per heavy atom. The molecule has 5 heteroatoms. The van der Waals surface area contributed by atoms with Gasteiger partial charge in [0.1, 0.15) is 18.0 Å². The summed E-state index contributed by atoms with van der Waals surface area (Å²) < 4.78 is 18.7. The van der Waals surface area contributed by atoms with Crippen LogP contribution in [0, 0.1) is 5.82 Å². The zero-order valence-electron chi connectivity index (χ0n) is 10.9. The maximum atomic E-state index is 13.6. The Bertz CT molecular complexity index is 581. The summed E-state index contributed by atoms with van der Waals surface area (Å²) in [6.07, 6.45) is -0.741. The van der Waals surface area contributed by atoms with Crippen LogP contribution in [0.3, 0.4) is 0 Å². The van der Waals surface area contributed by atoms with Crippen LogP contribution in [0.25, 0.3) is 0 Å². The number of benzene rings is 2. The maximum Gasteiger partial charge on any atom is 0.414 e. The Morgan fingerprint density at radius 1 is 1.20 bits per heavy atom. The van der Waals surface area contributed by atoms with Crippen LogP contribution in [0.15, 0.2) is 48.5 Å². The number of aromatic hydroxyl groups is 1. The number of hydrogen-bond donors (Lipinski definition) is 1. The number of phenolic OH excluding ortho intramolecular Hbond substituents is 1. The summed E-state index contributed by atoms with van der Waals surface area (Å²) in [6, 6.07) is 13.0. The first-order valence-corrected chi connectivity index (χ1v) is 6.01. The third-order valence-corrected chi connectivity index (χ3v) is 2.78. The molecule has 0 aliphatic rings. The van der Waals surface area contributed by atoms with Crippen molar-refractivity contribution in [3.63, 3.8) is 0 Å². The molecule has 0 saturated heterocycles. The molecule has 0 heterocycles. The van der Waals surface area contributed by atoms with Crippen LogP contribution in [-0.2, 0) is 11.3 Å². The average Bonchev–Trinajstić information content (AvgIpc) is 2.45. The van der Waals surface area contributed by atoms with Crippen LogP contribution >= 0.6 is 0 Å². The Labute approximate surface area is 116 Å². The number of nitrogens with zero attached hydrogens (tertiary/aromatic N) is 1. The van der Waals surface area contributed by atoms with Crippen LogP contribution in [-0.4, -0.2) is 18.2 Å². The van der Waals surface area contributed by atoms with Crippen molar-refractivity contribution in [2.45, 2.75) is 6.61 Å². The first kappa shape index (κ1) is 13.9. The maximum absolute atomic E-state index is 13.6.